The van der Waals surface area contributed by atoms with Crippen LogP contribution in [0.2, 0.25) is 0 Å². The minimum absolute atomic E-state index is 0.000785. The number of thiocarbonyl (C=S) groups is 1. The van der Waals surface area contributed by atoms with Crippen LogP contribution < -0.4 is 5.73 Å². The summed E-state index contributed by atoms with van der Waals surface area (Å²) in [5, 5.41) is 0. The molecule has 6 heteroatoms. The van der Waals surface area contributed by atoms with Crippen molar-refractivity contribution in [3.8, 4) is 0 Å². The highest BCUT2D eigenvalue weighted by Gasteiger charge is 2.18. The summed E-state index contributed by atoms with van der Waals surface area (Å²) in [4.78, 5) is 0.313. The molecule has 1 aromatic rings. The first-order chi connectivity index (χ1) is 9.22. The van der Waals surface area contributed by atoms with Crippen molar-refractivity contribution in [3.63, 3.8) is 0 Å². The first-order valence-electron chi connectivity index (χ1n) is 6.55. The Morgan fingerprint density at radius 3 is 2.30 bits per heavy atom. The fourth-order valence-corrected chi connectivity index (χ4v) is 3.02. The third-order valence-electron chi connectivity index (χ3n) is 3.08. The monoisotopic (exact) mass is 314 g/mol. The molecule has 1 aromatic carbocycles. The molecule has 0 atom stereocenters. The summed E-state index contributed by atoms with van der Waals surface area (Å²) in [6.45, 7) is 4.70. The van der Waals surface area contributed by atoms with Gasteiger partial charge in [0.15, 0.2) is 0 Å². The lowest BCUT2D eigenvalue weighted by Gasteiger charge is -2.18. The normalized spacial score (nSPS) is 12.1. The van der Waals surface area contributed by atoms with Gasteiger partial charge in [0.2, 0.25) is 10.0 Å². The van der Waals surface area contributed by atoms with E-state index in [4.69, 9.17) is 18.0 Å². The van der Waals surface area contributed by atoms with Crippen molar-refractivity contribution < 1.29 is 8.42 Å². The minimum atomic E-state index is -3.27. The predicted octanol–water partition coefficient (Wildman–Crippen LogP) is 2.13. The van der Waals surface area contributed by atoms with Gasteiger partial charge in [-0.2, -0.15) is 0 Å². The Morgan fingerprint density at radius 2 is 1.85 bits per heavy atom. The van der Waals surface area contributed by atoms with Gasteiger partial charge in [0.25, 0.3) is 0 Å². The summed E-state index contributed by atoms with van der Waals surface area (Å²) < 4.78 is 25.8. The zero-order valence-corrected chi connectivity index (χ0v) is 13.8. The predicted molar refractivity (Wildman–Crippen MR) is 87.0 cm³/mol. The van der Waals surface area contributed by atoms with Gasteiger partial charge >= 0.3 is 0 Å². The zero-order valence-electron chi connectivity index (χ0n) is 12.2. The molecule has 0 radical (unpaired) electrons. The van der Waals surface area contributed by atoms with Crippen LogP contribution in [0.5, 0.6) is 0 Å². The van der Waals surface area contributed by atoms with E-state index >= 15 is 0 Å². The summed E-state index contributed by atoms with van der Waals surface area (Å²) in [7, 11) is -1.65. The standard InChI is InChI=1S/C14H22N2O2S2/c1-11(2)8-9-16(3)20(17,18)10-12-4-6-13(7-5-12)14(15)19/h4-7,11H,8-10H2,1-3H3,(H2,15,19). The van der Waals surface area contributed by atoms with Crippen LogP contribution in [0.4, 0.5) is 0 Å². The number of sulfonamides is 1. The van der Waals surface area contributed by atoms with E-state index in [-0.39, 0.29) is 5.75 Å². The van der Waals surface area contributed by atoms with E-state index in [1.807, 2.05) is 0 Å². The third kappa shape index (κ3) is 5.19. The minimum Gasteiger partial charge on any atom is -0.389 e. The van der Waals surface area contributed by atoms with Crippen molar-refractivity contribution >= 4 is 27.2 Å². The van der Waals surface area contributed by atoms with Crippen molar-refractivity contribution in [1.82, 2.24) is 4.31 Å². The molecule has 0 unspecified atom stereocenters. The second kappa shape index (κ2) is 7.15. The Bertz CT molecular complexity index is 551. The summed E-state index contributed by atoms with van der Waals surface area (Å²) >= 11 is 4.87. The number of hydrogen-bond donors (Lipinski definition) is 1. The maximum atomic E-state index is 12.2. The number of nitrogens with two attached hydrogens (primary N) is 1. The lowest BCUT2D eigenvalue weighted by Crippen LogP contribution is -2.29. The highest BCUT2D eigenvalue weighted by atomic mass is 32.2. The Kier molecular flexibility index (Phi) is 6.10. The number of rotatable bonds is 7. The largest absolute Gasteiger partial charge is 0.389 e. The molecule has 20 heavy (non-hydrogen) atoms. The SMILES string of the molecule is CC(C)CCN(C)S(=O)(=O)Cc1ccc(C(N)=S)cc1. The lowest BCUT2D eigenvalue weighted by molar-refractivity contribution is 0.427. The maximum absolute atomic E-state index is 12.2. The molecule has 0 bridgehead atoms. The summed E-state index contributed by atoms with van der Waals surface area (Å²) in [6, 6.07) is 7.01. The Morgan fingerprint density at radius 1 is 1.30 bits per heavy atom. The quantitative estimate of drug-likeness (QED) is 0.783. The molecule has 0 heterocycles. The highest BCUT2D eigenvalue weighted by molar-refractivity contribution is 7.88. The Balaban J connectivity index is 2.72. The van der Waals surface area contributed by atoms with Gasteiger partial charge in [0.1, 0.15) is 4.99 Å². The van der Waals surface area contributed by atoms with Gasteiger partial charge in [-0.15, -0.1) is 0 Å². The Labute approximate surface area is 127 Å². The van der Waals surface area contributed by atoms with E-state index in [2.05, 4.69) is 13.8 Å². The van der Waals surface area contributed by atoms with Crippen molar-refractivity contribution in [3.05, 3.63) is 35.4 Å². The zero-order chi connectivity index (χ0) is 15.3. The molecule has 0 aliphatic rings. The van der Waals surface area contributed by atoms with Crippen LogP contribution in [0.1, 0.15) is 31.4 Å². The van der Waals surface area contributed by atoms with Gasteiger partial charge in [-0.05, 0) is 17.9 Å². The van der Waals surface area contributed by atoms with Crippen molar-refractivity contribution in [2.24, 2.45) is 11.7 Å². The first kappa shape index (κ1) is 17.1. The van der Waals surface area contributed by atoms with Gasteiger partial charge in [-0.1, -0.05) is 50.3 Å². The summed E-state index contributed by atoms with van der Waals surface area (Å²) in [5.74, 6) is 0.483. The molecule has 0 fully saturated rings. The smallest absolute Gasteiger partial charge is 0.218 e. The average molecular weight is 314 g/mol. The molecular weight excluding hydrogens is 292 g/mol. The third-order valence-corrected chi connectivity index (χ3v) is 5.15. The molecule has 112 valence electrons. The van der Waals surface area contributed by atoms with Crippen LogP contribution in [-0.4, -0.2) is 31.3 Å². The van der Waals surface area contributed by atoms with E-state index in [0.717, 1.165) is 17.5 Å². The van der Waals surface area contributed by atoms with Crippen LogP contribution >= 0.6 is 12.2 Å². The molecule has 0 saturated carbocycles. The molecule has 0 aliphatic heterocycles. The second-order valence-electron chi connectivity index (χ2n) is 5.32. The van der Waals surface area contributed by atoms with Gasteiger partial charge in [-0.25, -0.2) is 12.7 Å². The first-order valence-corrected chi connectivity index (χ1v) is 8.57. The number of nitrogens with zero attached hydrogens (tertiary/aromatic N) is 1. The molecule has 0 aromatic heterocycles. The molecule has 1 rings (SSSR count). The molecule has 4 nitrogen and oxygen atoms in total. The molecular formula is C14H22N2O2S2. The number of hydrogen-bond acceptors (Lipinski definition) is 3. The van der Waals surface area contributed by atoms with Gasteiger partial charge in [0, 0.05) is 19.2 Å². The average Bonchev–Trinajstić information content (AvgIpc) is 2.35. The van der Waals surface area contributed by atoms with Gasteiger partial charge < -0.3 is 5.73 Å². The number of benzene rings is 1. The van der Waals surface area contributed by atoms with Crippen LogP contribution in [0.15, 0.2) is 24.3 Å². The van der Waals surface area contributed by atoms with Crippen LogP contribution in [0.3, 0.4) is 0 Å². The topological polar surface area (TPSA) is 63.4 Å². The molecule has 0 amide bonds. The van der Waals surface area contributed by atoms with E-state index in [9.17, 15) is 8.42 Å². The molecule has 0 aliphatic carbocycles. The maximum Gasteiger partial charge on any atom is 0.218 e. The van der Waals surface area contributed by atoms with Crippen LogP contribution in [-0.2, 0) is 15.8 Å². The summed E-state index contributed by atoms with van der Waals surface area (Å²) in [5.41, 5.74) is 6.99. The van der Waals surface area contributed by atoms with Crippen molar-refractivity contribution in [1.29, 1.82) is 0 Å². The molecule has 2 N–H and O–H groups in total. The fraction of sp³-hybridized carbons (Fsp3) is 0.500. The van der Waals surface area contributed by atoms with E-state index in [1.54, 1.807) is 31.3 Å². The fourth-order valence-electron chi connectivity index (χ4n) is 1.67. The van der Waals surface area contributed by atoms with E-state index < -0.39 is 10.0 Å². The van der Waals surface area contributed by atoms with Gasteiger partial charge in [-0.3, -0.25) is 0 Å². The van der Waals surface area contributed by atoms with Crippen molar-refractivity contribution in [2.45, 2.75) is 26.0 Å². The Hall–Kier alpha value is -0.980. The van der Waals surface area contributed by atoms with E-state index in [0.29, 0.717) is 17.5 Å². The summed E-state index contributed by atoms with van der Waals surface area (Å²) in [6.07, 6.45) is 0.857. The van der Waals surface area contributed by atoms with Crippen LogP contribution in [0, 0.1) is 5.92 Å². The molecule has 0 saturated heterocycles. The van der Waals surface area contributed by atoms with Crippen LogP contribution in [0.25, 0.3) is 0 Å². The highest BCUT2D eigenvalue weighted by Crippen LogP contribution is 2.12. The lowest BCUT2D eigenvalue weighted by atomic mass is 10.1. The van der Waals surface area contributed by atoms with Crippen molar-refractivity contribution in [2.75, 3.05) is 13.6 Å². The second-order valence-corrected chi connectivity index (χ2v) is 7.84. The molecule has 0 spiro atoms. The van der Waals surface area contributed by atoms with E-state index in [1.165, 1.54) is 4.31 Å². The van der Waals surface area contributed by atoms with Gasteiger partial charge in [0.05, 0.1) is 5.75 Å².